The third-order valence-electron chi connectivity index (χ3n) is 7.64. The number of allylic oxidation sites excluding steroid dienone is 3. The lowest BCUT2D eigenvalue weighted by atomic mass is 9.64. The molecule has 2 heteroatoms. The van der Waals surface area contributed by atoms with Gasteiger partial charge in [0.15, 0.2) is 0 Å². The number of hydrogen-bond donors (Lipinski definition) is 0. The van der Waals surface area contributed by atoms with Crippen LogP contribution >= 0.6 is 0 Å². The number of benzene rings is 2. The molecule has 4 atom stereocenters. The molecule has 0 amide bonds. The molecule has 2 fully saturated rings. The van der Waals surface area contributed by atoms with Crippen molar-refractivity contribution in [1.29, 1.82) is 0 Å². The van der Waals surface area contributed by atoms with Gasteiger partial charge in [-0.15, -0.1) is 6.58 Å². The first kappa shape index (κ1) is 23.5. The molecule has 0 N–H and O–H groups in total. The van der Waals surface area contributed by atoms with Crippen LogP contribution in [0.4, 0.5) is 8.78 Å². The van der Waals surface area contributed by atoms with Crippen LogP contribution in [0.1, 0.15) is 80.0 Å². The molecule has 4 unspecified atom stereocenters. The van der Waals surface area contributed by atoms with E-state index in [2.05, 4.69) is 30.6 Å². The maximum atomic E-state index is 15.0. The number of hydrogen-bond acceptors (Lipinski definition) is 0. The Labute approximate surface area is 197 Å². The van der Waals surface area contributed by atoms with E-state index in [4.69, 9.17) is 0 Å². The molecule has 0 radical (unpaired) electrons. The van der Waals surface area contributed by atoms with Crippen LogP contribution in [0.5, 0.6) is 0 Å². The van der Waals surface area contributed by atoms with Crippen molar-refractivity contribution in [2.24, 2.45) is 17.8 Å². The summed E-state index contributed by atoms with van der Waals surface area (Å²) in [5.74, 6) is 7.78. The van der Waals surface area contributed by atoms with Crippen LogP contribution in [0.3, 0.4) is 0 Å². The van der Waals surface area contributed by atoms with Crippen molar-refractivity contribution < 1.29 is 8.78 Å². The van der Waals surface area contributed by atoms with Crippen LogP contribution in [0, 0.1) is 41.2 Å². The SMILES string of the molecule is C=CC1CCC2CC(c3ccc(C#Cc4ccc(CC/C=C/C)cc4F)cc3F)CCC2C1. The highest BCUT2D eigenvalue weighted by Gasteiger charge is 2.35. The van der Waals surface area contributed by atoms with Gasteiger partial charge >= 0.3 is 0 Å². The summed E-state index contributed by atoms with van der Waals surface area (Å²) >= 11 is 0. The molecule has 0 heterocycles. The summed E-state index contributed by atoms with van der Waals surface area (Å²) in [6, 6.07) is 10.5. The normalized spacial score (nSPS) is 24.7. The molecule has 0 aromatic heterocycles. The molecule has 2 aromatic carbocycles. The van der Waals surface area contributed by atoms with Crippen molar-refractivity contribution in [2.75, 3.05) is 0 Å². The number of aryl methyl sites for hydroxylation is 1. The molecule has 0 bridgehead atoms. The van der Waals surface area contributed by atoms with Crippen molar-refractivity contribution >= 4 is 0 Å². The van der Waals surface area contributed by atoms with Gasteiger partial charge in [-0.2, -0.15) is 0 Å². The summed E-state index contributed by atoms with van der Waals surface area (Å²) in [6.45, 7) is 5.96. The number of halogens is 2. The molecule has 2 aliphatic rings. The van der Waals surface area contributed by atoms with E-state index < -0.39 is 0 Å². The maximum absolute atomic E-state index is 15.0. The number of fused-ring (bicyclic) bond motifs is 1. The van der Waals surface area contributed by atoms with Gasteiger partial charge in [0, 0.05) is 5.56 Å². The highest BCUT2D eigenvalue weighted by Crippen LogP contribution is 2.48. The van der Waals surface area contributed by atoms with Gasteiger partial charge in [-0.05, 0) is 117 Å². The van der Waals surface area contributed by atoms with E-state index in [0.29, 0.717) is 28.9 Å². The maximum Gasteiger partial charge on any atom is 0.139 e. The fourth-order valence-corrected chi connectivity index (χ4v) is 5.73. The molecule has 33 heavy (non-hydrogen) atoms. The second-order valence-corrected chi connectivity index (χ2v) is 9.75. The van der Waals surface area contributed by atoms with E-state index >= 15 is 4.39 Å². The average Bonchev–Trinajstić information content (AvgIpc) is 2.83. The molecular formula is C31H34F2. The number of rotatable bonds is 5. The third kappa shape index (κ3) is 5.83. The average molecular weight is 445 g/mol. The Morgan fingerprint density at radius 1 is 0.939 bits per heavy atom. The summed E-state index contributed by atoms with van der Waals surface area (Å²) in [6.07, 6.45) is 14.9. The fourth-order valence-electron chi connectivity index (χ4n) is 5.73. The van der Waals surface area contributed by atoms with Gasteiger partial charge in [0.05, 0.1) is 5.56 Å². The van der Waals surface area contributed by atoms with Gasteiger partial charge in [0.1, 0.15) is 11.6 Å². The first-order valence-corrected chi connectivity index (χ1v) is 12.4. The van der Waals surface area contributed by atoms with Gasteiger partial charge in [-0.25, -0.2) is 8.78 Å². The van der Waals surface area contributed by atoms with Crippen LogP contribution < -0.4 is 0 Å². The van der Waals surface area contributed by atoms with Crippen LogP contribution in [0.15, 0.2) is 61.2 Å². The topological polar surface area (TPSA) is 0 Å². The lowest BCUT2D eigenvalue weighted by molar-refractivity contribution is 0.132. The van der Waals surface area contributed by atoms with E-state index in [-0.39, 0.29) is 11.6 Å². The molecule has 4 rings (SSSR count). The van der Waals surface area contributed by atoms with Gasteiger partial charge in [-0.1, -0.05) is 42.2 Å². The van der Waals surface area contributed by atoms with Crippen molar-refractivity contribution in [1.82, 2.24) is 0 Å². The van der Waals surface area contributed by atoms with Crippen LogP contribution in [0.2, 0.25) is 0 Å². The molecule has 2 saturated carbocycles. The summed E-state index contributed by atoms with van der Waals surface area (Å²) in [5.41, 5.74) is 2.72. The zero-order valence-electron chi connectivity index (χ0n) is 19.6. The predicted molar refractivity (Wildman–Crippen MR) is 133 cm³/mol. The van der Waals surface area contributed by atoms with Crippen molar-refractivity contribution in [3.05, 3.63) is 95.1 Å². The van der Waals surface area contributed by atoms with Crippen LogP contribution in [-0.2, 0) is 6.42 Å². The highest BCUT2D eigenvalue weighted by atomic mass is 19.1. The second kappa shape index (κ2) is 11.0. The van der Waals surface area contributed by atoms with E-state index in [9.17, 15) is 4.39 Å². The minimum Gasteiger partial charge on any atom is -0.207 e. The Hall–Kier alpha value is -2.66. The van der Waals surface area contributed by atoms with E-state index in [1.807, 2.05) is 31.2 Å². The molecule has 0 nitrogen and oxygen atoms in total. The monoisotopic (exact) mass is 444 g/mol. The lowest BCUT2D eigenvalue weighted by Gasteiger charge is -2.41. The summed E-state index contributed by atoms with van der Waals surface area (Å²) < 4.78 is 29.5. The molecule has 2 aromatic rings. The quantitative estimate of drug-likeness (QED) is 0.321. The van der Waals surface area contributed by atoms with Gasteiger partial charge in [0.25, 0.3) is 0 Å². The molecule has 0 spiro atoms. The molecule has 2 aliphatic carbocycles. The Bertz CT molecular complexity index is 1070. The second-order valence-electron chi connectivity index (χ2n) is 9.75. The van der Waals surface area contributed by atoms with E-state index in [1.54, 1.807) is 12.1 Å². The molecule has 172 valence electrons. The minimum atomic E-state index is -0.319. The van der Waals surface area contributed by atoms with Gasteiger partial charge in [-0.3, -0.25) is 0 Å². The van der Waals surface area contributed by atoms with Crippen molar-refractivity contribution in [2.45, 2.75) is 64.2 Å². The van der Waals surface area contributed by atoms with Crippen molar-refractivity contribution in [3.63, 3.8) is 0 Å². The first-order chi connectivity index (χ1) is 16.1. The van der Waals surface area contributed by atoms with Crippen molar-refractivity contribution in [3.8, 4) is 11.8 Å². The fraction of sp³-hybridized carbons (Fsp3) is 0.419. The molecule has 0 saturated heterocycles. The van der Waals surface area contributed by atoms with Gasteiger partial charge in [0.2, 0.25) is 0 Å². The Morgan fingerprint density at radius 2 is 1.76 bits per heavy atom. The third-order valence-corrected chi connectivity index (χ3v) is 7.64. The first-order valence-electron chi connectivity index (χ1n) is 12.4. The predicted octanol–water partition coefficient (Wildman–Crippen LogP) is 8.36. The minimum absolute atomic E-state index is 0.176. The lowest BCUT2D eigenvalue weighted by Crippen LogP contribution is -2.30. The molecule has 0 aliphatic heterocycles. The zero-order chi connectivity index (χ0) is 23.2. The van der Waals surface area contributed by atoms with Crippen LogP contribution in [0.25, 0.3) is 0 Å². The van der Waals surface area contributed by atoms with Gasteiger partial charge < -0.3 is 0 Å². The summed E-state index contributed by atoms with van der Waals surface area (Å²) in [7, 11) is 0. The Balaban J connectivity index is 1.42. The zero-order valence-corrected chi connectivity index (χ0v) is 19.6. The van der Waals surface area contributed by atoms with E-state index in [0.717, 1.165) is 42.7 Å². The van der Waals surface area contributed by atoms with Crippen LogP contribution in [-0.4, -0.2) is 0 Å². The summed E-state index contributed by atoms with van der Waals surface area (Å²) in [5, 5.41) is 0. The summed E-state index contributed by atoms with van der Waals surface area (Å²) in [4.78, 5) is 0. The smallest absolute Gasteiger partial charge is 0.139 e. The Morgan fingerprint density at radius 3 is 2.52 bits per heavy atom. The Kier molecular flexibility index (Phi) is 7.81. The largest absolute Gasteiger partial charge is 0.207 e. The molecular weight excluding hydrogens is 410 g/mol. The standard InChI is InChI=1S/C31H34F2/c1-3-5-6-7-23-9-12-25(30(32)19-23)13-10-24-11-17-29(31(33)20-24)28-16-15-26-18-22(4-2)8-14-27(26)21-28/h3-5,9,11-12,17,19-20,22,26-28H,2,6-8,14-16,18,21H2,1H3/b5-3+. The highest BCUT2D eigenvalue weighted by molar-refractivity contribution is 5.45. The van der Waals surface area contributed by atoms with E-state index in [1.165, 1.54) is 31.7 Å².